The molecule has 0 aromatic heterocycles. The lowest BCUT2D eigenvalue weighted by molar-refractivity contribution is 0.685. The van der Waals surface area contributed by atoms with Gasteiger partial charge in [0.25, 0.3) is 0 Å². The molecule has 0 radical (unpaired) electrons. The lowest BCUT2D eigenvalue weighted by Gasteiger charge is -2.31. The zero-order valence-electron chi connectivity index (χ0n) is 18.9. The third kappa shape index (κ3) is 4.48. The second kappa shape index (κ2) is 9.44. The van der Waals surface area contributed by atoms with Gasteiger partial charge in [0.05, 0.1) is 0 Å². The van der Waals surface area contributed by atoms with E-state index in [9.17, 15) is 0 Å². The molecule has 0 spiro atoms. The highest BCUT2D eigenvalue weighted by Crippen LogP contribution is 2.38. The Labute approximate surface area is 192 Å². The summed E-state index contributed by atoms with van der Waals surface area (Å²) in [6.45, 7) is 2.14. The van der Waals surface area contributed by atoms with Crippen LogP contribution in [-0.4, -0.2) is 0 Å². The normalized spacial score (nSPS) is 15.5. The lowest BCUT2D eigenvalue weighted by atomic mass is 9.89. The standard InChI is InChI=1S/C31H31N/c1-24-9-7-10-26(23-24)18-17-25-19-21-29(22-20-25)32(28-13-3-2-4-14-28)31-16-8-12-27-11-5-6-15-30(27)31/h3,7-10,12-14,16-23H,2,4-6,11,15H2,1H3/b18-17+. The van der Waals surface area contributed by atoms with Crippen LogP contribution in [0.1, 0.15) is 53.5 Å². The highest BCUT2D eigenvalue weighted by molar-refractivity contribution is 5.76. The van der Waals surface area contributed by atoms with Crippen molar-refractivity contribution in [2.75, 3.05) is 4.90 Å². The van der Waals surface area contributed by atoms with E-state index >= 15 is 0 Å². The first-order valence-electron chi connectivity index (χ1n) is 11.9. The summed E-state index contributed by atoms with van der Waals surface area (Å²) in [6.07, 6.45) is 18.6. The van der Waals surface area contributed by atoms with E-state index in [2.05, 4.69) is 109 Å². The Balaban J connectivity index is 1.49. The van der Waals surface area contributed by atoms with Gasteiger partial charge in [-0.05, 0) is 92.0 Å². The van der Waals surface area contributed by atoms with Gasteiger partial charge >= 0.3 is 0 Å². The van der Waals surface area contributed by atoms with E-state index in [1.807, 2.05) is 0 Å². The molecule has 3 aromatic carbocycles. The molecule has 0 bridgehead atoms. The SMILES string of the molecule is Cc1cccc(/C=C/c2ccc(N(C3=CCCC=C3)c3cccc4c3CCCC4)cc2)c1. The maximum Gasteiger partial charge on any atom is 0.0496 e. The van der Waals surface area contributed by atoms with E-state index in [1.54, 1.807) is 0 Å². The van der Waals surface area contributed by atoms with Crippen LogP contribution in [-0.2, 0) is 12.8 Å². The molecule has 2 aliphatic rings. The molecule has 0 saturated carbocycles. The van der Waals surface area contributed by atoms with Gasteiger partial charge in [-0.1, -0.05) is 78.4 Å². The van der Waals surface area contributed by atoms with Crippen molar-refractivity contribution in [3.05, 3.63) is 118 Å². The Morgan fingerprint density at radius 1 is 0.781 bits per heavy atom. The van der Waals surface area contributed by atoms with Crippen molar-refractivity contribution in [1.29, 1.82) is 0 Å². The molecule has 0 amide bonds. The van der Waals surface area contributed by atoms with Gasteiger partial charge in [-0.2, -0.15) is 0 Å². The zero-order valence-corrected chi connectivity index (χ0v) is 18.9. The van der Waals surface area contributed by atoms with Crippen LogP contribution in [0.4, 0.5) is 11.4 Å². The van der Waals surface area contributed by atoms with Crippen LogP contribution in [0, 0.1) is 6.92 Å². The highest BCUT2D eigenvalue weighted by atomic mass is 15.1. The summed E-state index contributed by atoms with van der Waals surface area (Å²) < 4.78 is 0. The van der Waals surface area contributed by atoms with Crippen LogP contribution in [0.2, 0.25) is 0 Å². The summed E-state index contributed by atoms with van der Waals surface area (Å²) in [5.74, 6) is 0. The molecule has 2 aliphatic carbocycles. The van der Waals surface area contributed by atoms with Gasteiger partial charge in [-0.3, -0.25) is 0 Å². The number of anilines is 2. The van der Waals surface area contributed by atoms with Gasteiger partial charge in [0, 0.05) is 17.1 Å². The first-order valence-corrected chi connectivity index (χ1v) is 11.9. The number of rotatable bonds is 5. The van der Waals surface area contributed by atoms with E-state index < -0.39 is 0 Å². The molecule has 32 heavy (non-hydrogen) atoms. The zero-order chi connectivity index (χ0) is 21.8. The van der Waals surface area contributed by atoms with E-state index in [1.165, 1.54) is 70.6 Å². The van der Waals surface area contributed by atoms with Crippen LogP contribution in [0.3, 0.4) is 0 Å². The third-order valence-electron chi connectivity index (χ3n) is 6.51. The first-order chi connectivity index (χ1) is 15.8. The van der Waals surface area contributed by atoms with Gasteiger partial charge in [0.2, 0.25) is 0 Å². The Kier molecular flexibility index (Phi) is 6.07. The molecule has 0 aliphatic heterocycles. The topological polar surface area (TPSA) is 3.24 Å². The molecular formula is C31H31N. The van der Waals surface area contributed by atoms with Crippen molar-refractivity contribution in [3.63, 3.8) is 0 Å². The predicted octanol–water partition coefficient (Wildman–Crippen LogP) is 8.42. The van der Waals surface area contributed by atoms with Crippen LogP contribution in [0.5, 0.6) is 0 Å². The molecule has 0 atom stereocenters. The van der Waals surface area contributed by atoms with Crippen LogP contribution >= 0.6 is 0 Å². The minimum absolute atomic E-state index is 1.11. The molecule has 1 nitrogen and oxygen atoms in total. The molecule has 0 N–H and O–H groups in total. The molecule has 1 heteroatoms. The van der Waals surface area contributed by atoms with Gasteiger partial charge in [-0.25, -0.2) is 0 Å². The van der Waals surface area contributed by atoms with Crippen molar-refractivity contribution in [2.24, 2.45) is 0 Å². The summed E-state index contributed by atoms with van der Waals surface area (Å²) in [5, 5.41) is 0. The Morgan fingerprint density at radius 2 is 1.59 bits per heavy atom. The number of hydrogen-bond donors (Lipinski definition) is 0. The van der Waals surface area contributed by atoms with E-state index in [0.29, 0.717) is 0 Å². The maximum atomic E-state index is 2.47. The van der Waals surface area contributed by atoms with Crippen molar-refractivity contribution in [3.8, 4) is 0 Å². The molecule has 5 rings (SSSR count). The van der Waals surface area contributed by atoms with Crippen LogP contribution in [0.15, 0.2) is 90.7 Å². The molecule has 0 saturated heterocycles. The van der Waals surface area contributed by atoms with E-state index in [4.69, 9.17) is 0 Å². The van der Waals surface area contributed by atoms with Gasteiger partial charge in [-0.15, -0.1) is 0 Å². The Morgan fingerprint density at radius 3 is 2.41 bits per heavy atom. The Bertz CT molecular complexity index is 1180. The van der Waals surface area contributed by atoms with Gasteiger partial charge in [0.15, 0.2) is 0 Å². The van der Waals surface area contributed by atoms with Crippen molar-refractivity contribution >= 4 is 23.5 Å². The monoisotopic (exact) mass is 417 g/mol. The number of nitrogens with zero attached hydrogens (tertiary/aromatic N) is 1. The summed E-state index contributed by atoms with van der Waals surface area (Å²) in [7, 11) is 0. The quantitative estimate of drug-likeness (QED) is 0.377. The summed E-state index contributed by atoms with van der Waals surface area (Å²) >= 11 is 0. The summed E-state index contributed by atoms with van der Waals surface area (Å²) in [4.78, 5) is 2.47. The van der Waals surface area contributed by atoms with Gasteiger partial charge in [0.1, 0.15) is 0 Å². The minimum Gasteiger partial charge on any atom is -0.311 e. The predicted molar refractivity (Wildman–Crippen MR) is 138 cm³/mol. The summed E-state index contributed by atoms with van der Waals surface area (Å²) in [6, 6.07) is 24.5. The maximum absolute atomic E-state index is 2.47. The van der Waals surface area contributed by atoms with E-state index in [0.717, 1.165) is 12.8 Å². The van der Waals surface area contributed by atoms with Crippen molar-refractivity contribution in [1.82, 2.24) is 0 Å². The number of fused-ring (bicyclic) bond motifs is 1. The number of hydrogen-bond acceptors (Lipinski definition) is 1. The fraction of sp³-hybridized carbons (Fsp3) is 0.226. The molecule has 0 fully saturated rings. The fourth-order valence-corrected chi connectivity index (χ4v) is 4.86. The van der Waals surface area contributed by atoms with Gasteiger partial charge < -0.3 is 4.90 Å². The number of aryl methyl sites for hydroxylation is 2. The fourth-order valence-electron chi connectivity index (χ4n) is 4.86. The molecule has 0 unspecified atom stereocenters. The number of allylic oxidation sites excluding steroid dienone is 3. The second-order valence-electron chi connectivity index (χ2n) is 8.91. The molecule has 3 aromatic rings. The third-order valence-corrected chi connectivity index (χ3v) is 6.51. The Hall–Kier alpha value is -3.32. The minimum atomic E-state index is 1.11. The average Bonchev–Trinajstić information content (AvgIpc) is 2.85. The van der Waals surface area contributed by atoms with E-state index in [-0.39, 0.29) is 0 Å². The average molecular weight is 418 g/mol. The van der Waals surface area contributed by atoms with Crippen LogP contribution < -0.4 is 4.90 Å². The van der Waals surface area contributed by atoms with Crippen molar-refractivity contribution in [2.45, 2.75) is 45.4 Å². The first kappa shape index (κ1) is 20.6. The van der Waals surface area contributed by atoms with Crippen LogP contribution in [0.25, 0.3) is 12.2 Å². The molecule has 0 heterocycles. The molecular weight excluding hydrogens is 386 g/mol. The number of benzene rings is 3. The van der Waals surface area contributed by atoms with Crippen molar-refractivity contribution < 1.29 is 0 Å². The lowest BCUT2D eigenvalue weighted by Crippen LogP contribution is -2.19. The second-order valence-corrected chi connectivity index (χ2v) is 8.91. The molecule has 160 valence electrons. The smallest absolute Gasteiger partial charge is 0.0496 e. The summed E-state index contributed by atoms with van der Waals surface area (Å²) in [5.41, 5.74) is 10.7. The largest absolute Gasteiger partial charge is 0.311 e. The highest BCUT2D eigenvalue weighted by Gasteiger charge is 2.20.